The third kappa shape index (κ3) is 4.79. The Labute approximate surface area is 132 Å². The van der Waals surface area contributed by atoms with Crippen molar-refractivity contribution < 1.29 is 14.3 Å². The minimum absolute atomic E-state index is 0.0728. The summed E-state index contributed by atoms with van der Waals surface area (Å²) in [7, 11) is 0. The second-order valence-electron chi connectivity index (χ2n) is 4.23. The van der Waals surface area contributed by atoms with Crippen molar-refractivity contribution in [3.63, 3.8) is 0 Å². The molecular weight excluding hydrogens is 334 g/mol. The largest absolute Gasteiger partial charge is 0.490 e. The lowest BCUT2D eigenvalue weighted by Crippen LogP contribution is -2.20. The summed E-state index contributed by atoms with van der Waals surface area (Å²) in [5.74, 6) is 0.971. The fraction of sp³-hybridized carbons (Fsp3) is 0.188. The maximum absolute atomic E-state index is 11.9. The van der Waals surface area contributed by atoms with Gasteiger partial charge in [-0.05, 0) is 37.3 Å². The van der Waals surface area contributed by atoms with Gasteiger partial charge in [-0.1, -0.05) is 34.1 Å². The molecule has 4 nitrogen and oxygen atoms in total. The number of halogens is 1. The van der Waals surface area contributed by atoms with Gasteiger partial charge in [0.1, 0.15) is 0 Å². The molecule has 21 heavy (non-hydrogen) atoms. The minimum atomic E-state index is -0.223. The zero-order chi connectivity index (χ0) is 15.1. The maximum Gasteiger partial charge on any atom is 0.262 e. The number of carbonyl (C=O) groups is 1. The normalized spacial score (nSPS) is 10.0. The van der Waals surface area contributed by atoms with Gasteiger partial charge in [-0.15, -0.1) is 0 Å². The van der Waals surface area contributed by atoms with Crippen LogP contribution in [-0.2, 0) is 4.79 Å². The van der Waals surface area contributed by atoms with Gasteiger partial charge >= 0.3 is 0 Å². The first-order valence-corrected chi connectivity index (χ1v) is 7.38. The SMILES string of the molecule is CCOc1ccccc1OCC(=O)Nc1cccc(Br)c1. The van der Waals surface area contributed by atoms with Gasteiger partial charge in [-0.3, -0.25) is 4.79 Å². The summed E-state index contributed by atoms with van der Waals surface area (Å²) in [6.07, 6.45) is 0. The molecule has 2 aromatic rings. The Morgan fingerprint density at radius 3 is 2.48 bits per heavy atom. The first-order chi connectivity index (χ1) is 10.2. The van der Waals surface area contributed by atoms with Crippen molar-refractivity contribution in [2.75, 3.05) is 18.5 Å². The van der Waals surface area contributed by atoms with Crippen molar-refractivity contribution >= 4 is 27.5 Å². The number of benzene rings is 2. The monoisotopic (exact) mass is 349 g/mol. The van der Waals surface area contributed by atoms with E-state index < -0.39 is 0 Å². The van der Waals surface area contributed by atoms with Crippen molar-refractivity contribution in [1.29, 1.82) is 0 Å². The average molecular weight is 350 g/mol. The van der Waals surface area contributed by atoms with Crippen LogP contribution < -0.4 is 14.8 Å². The van der Waals surface area contributed by atoms with Gasteiger partial charge in [0.15, 0.2) is 18.1 Å². The zero-order valence-corrected chi connectivity index (χ0v) is 13.2. The summed E-state index contributed by atoms with van der Waals surface area (Å²) in [5, 5.41) is 2.77. The smallest absolute Gasteiger partial charge is 0.262 e. The molecule has 0 heterocycles. The molecule has 0 unspecified atom stereocenters. The summed E-state index contributed by atoms with van der Waals surface area (Å²) in [5.41, 5.74) is 0.719. The molecule has 1 amide bonds. The van der Waals surface area contributed by atoms with E-state index in [0.717, 1.165) is 10.2 Å². The zero-order valence-electron chi connectivity index (χ0n) is 11.6. The molecule has 0 radical (unpaired) electrons. The van der Waals surface area contributed by atoms with Crippen LogP contribution in [0.15, 0.2) is 53.0 Å². The Hall–Kier alpha value is -2.01. The van der Waals surface area contributed by atoms with E-state index in [9.17, 15) is 4.79 Å². The molecule has 2 rings (SSSR count). The first kappa shape index (κ1) is 15.4. The van der Waals surface area contributed by atoms with Crippen LogP contribution in [0.1, 0.15) is 6.92 Å². The number of hydrogen-bond acceptors (Lipinski definition) is 3. The van der Waals surface area contributed by atoms with Crippen molar-refractivity contribution in [3.8, 4) is 11.5 Å². The van der Waals surface area contributed by atoms with Crippen LogP contribution in [0.4, 0.5) is 5.69 Å². The summed E-state index contributed by atoms with van der Waals surface area (Å²) in [6, 6.07) is 14.7. The van der Waals surface area contributed by atoms with E-state index in [-0.39, 0.29) is 12.5 Å². The van der Waals surface area contributed by atoms with Gasteiger partial charge in [-0.25, -0.2) is 0 Å². The maximum atomic E-state index is 11.9. The van der Waals surface area contributed by atoms with E-state index in [1.165, 1.54) is 0 Å². The molecule has 0 aromatic heterocycles. The van der Waals surface area contributed by atoms with E-state index in [2.05, 4.69) is 21.2 Å². The van der Waals surface area contributed by atoms with E-state index in [1.54, 1.807) is 6.07 Å². The van der Waals surface area contributed by atoms with E-state index in [4.69, 9.17) is 9.47 Å². The van der Waals surface area contributed by atoms with E-state index >= 15 is 0 Å². The first-order valence-electron chi connectivity index (χ1n) is 6.59. The minimum Gasteiger partial charge on any atom is -0.490 e. The molecule has 0 spiro atoms. The summed E-state index contributed by atoms with van der Waals surface area (Å²) >= 11 is 3.36. The molecular formula is C16H16BrNO3. The van der Waals surface area contributed by atoms with Crippen LogP contribution >= 0.6 is 15.9 Å². The number of anilines is 1. The number of amides is 1. The number of hydrogen-bond donors (Lipinski definition) is 1. The van der Waals surface area contributed by atoms with Gasteiger partial charge in [0, 0.05) is 10.2 Å². The van der Waals surface area contributed by atoms with Crippen molar-refractivity contribution in [1.82, 2.24) is 0 Å². The van der Waals surface area contributed by atoms with Crippen LogP contribution in [0.3, 0.4) is 0 Å². The Morgan fingerprint density at radius 1 is 1.10 bits per heavy atom. The third-order valence-electron chi connectivity index (χ3n) is 2.62. The van der Waals surface area contributed by atoms with Crippen LogP contribution in [0, 0.1) is 0 Å². The van der Waals surface area contributed by atoms with E-state index in [1.807, 2.05) is 49.4 Å². The highest BCUT2D eigenvalue weighted by atomic mass is 79.9. The van der Waals surface area contributed by atoms with Gasteiger partial charge in [0.25, 0.3) is 5.91 Å². The number of carbonyl (C=O) groups excluding carboxylic acids is 1. The predicted octanol–water partition coefficient (Wildman–Crippen LogP) is 3.87. The number of nitrogens with one attached hydrogen (secondary N) is 1. The Kier molecular flexibility index (Phi) is 5.63. The topological polar surface area (TPSA) is 47.6 Å². The quantitative estimate of drug-likeness (QED) is 0.861. The fourth-order valence-electron chi connectivity index (χ4n) is 1.75. The molecule has 0 aliphatic carbocycles. The number of rotatable bonds is 6. The summed E-state index contributed by atoms with van der Waals surface area (Å²) in [4.78, 5) is 11.9. The molecule has 0 atom stereocenters. The molecule has 0 bridgehead atoms. The van der Waals surface area contributed by atoms with Crippen molar-refractivity contribution in [3.05, 3.63) is 53.0 Å². The molecule has 0 aliphatic rings. The Morgan fingerprint density at radius 2 is 1.81 bits per heavy atom. The highest BCUT2D eigenvalue weighted by Crippen LogP contribution is 2.26. The molecule has 1 N–H and O–H groups in total. The molecule has 0 saturated heterocycles. The highest BCUT2D eigenvalue weighted by molar-refractivity contribution is 9.10. The summed E-state index contributed by atoms with van der Waals surface area (Å²) < 4.78 is 11.9. The summed E-state index contributed by atoms with van der Waals surface area (Å²) in [6.45, 7) is 2.37. The molecule has 0 aliphatic heterocycles. The van der Waals surface area contributed by atoms with Gasteiger partial charge in [-0.2, -0.15) is 0 Å². The second-order valence-corrected chi connectivity index (χ2v) is 5.14. The van der Waals surface area contributed by atoms with Crippen LogP contribution in [0.5, 0.6) is 11.5 Å². The van der Waals surface area contributed by atoms with Gasteiger partial charge in [0.2, 0.25) is 0 Å². The molecule has 5 heteroatoms. The van der Waals surface area contributed by atoms with E-state index in [0.29, 0.717) is 18.1 Å². The fourth-order valence-corrected chi connectivity index (χ4v) is 2.15. The number of ether oxygens (including phenoxy) is 2. The average Bonchev–Trinajstić information content (AvgIpc) is 2.47. The van der Waals surface area contributed by atoms with Gasteiger partial charge < -0.3 is 14.8 Å². The standard InChI is InChI=1S/C16H16BrNO3/c1-2-20-14-8-3-4-9-15(14)21-11-16(19)18-13-7-5-6-12(17)10-13/h3-10H,2,11H2,1H3,(H,18,19). The lowest BCUT2D eigenvalue weighted by molar-refractivity contribution is -0.118. The molecule has 110 valence electrons. The molecule has 0 saturated carbocycles. The second kappa shape index (κ2) is 7.69. The third-order valence-corrected chi connectivity index (χ3v) is 3.11. The van der Waals surface area contributed by atoms with Gasteiger partial charge in [0.05, 0.1) is 6.61 Å². The molecule has 2 aromatic carbocycles. The van der Waals surface area contributed by atoms with Crippen molar-refractivity contribution in [2.45, 2.75) is 6.92 Å². The van der Waals surface area contributed by atoms with Crippen LogP contribution in [-0.4, -0.2) is 19.1 Å². The predicted molar refractivity (Wildman–Crippen MR) is 85.9 cm³/mol. The Balaban J connectivity index is 1.92. The lowest BCUT2D eigenvalue weighted by Gasteiger charge is -2.11. The van der Waals surface area contributed by atoms with Crippen LogP contribution in [0.25, 0.3) is 0 Å². The highest BCUT2D eigenvalue weighted by Gasteiger charge is 2.07. The van der Waals surface area contributed by atoms with Crippen molar-refractivity contribution in [2.24, 2.45) is 0 Å². The van der Waals surface area contributed by atoms with Crippen LogP contribution in [0.2, 0.25) is 0 Å². The number of para-hydroxylation sites is 2. The lowest BCUT2D eigenvalue weighted by atomic mass is 10.3. The Bertz CT molecular complexity index is 616. The molecule has 0 fully saturated rings.